The summed E-state index contributed by atoms with van der Waals surface area (Å²) in [6, 6.07) is 72.8. The predicted molar refractivity (Wildman–Crippen MR) is 236 cm³/mol. The molecule has 11 aromatic rings. The van der Waals surface area contributed by atoms with Crippen LogP contribution < -0.4 is 0 Å². The van der Waals surface area contributed by atoms with Gasteiger partial charge in [0.15, 0.2) is 17.5 Å². The van der Waals surface area contributed by atoms with Crippen molar-refractivity contribution < 1.29 is 0 Å². The van der Waals surface area contributed by atoms with E-state index >= 15 is 0 Å². The molecule has 0 radical (unpaired) electrons. The fourth-order valence-corrected chi connectivity index (χ4v) is 8.34. The van der Waals surface area contributed by atoms with Crippen molar-refractivity contribution in [1.82, 2.24) is 19.5 Å². The second-order valence-corrected chi connectivity index (χ2v) is 14.4. The third-order valence-electron chi connectivity index (χ3n) is 11.1. The second kappa shape index (κ2) is 13.6. The summed E-state index contributed by atoms with van der Waals surface area (Å²) in [5.41, 5.74) is 10.6. The molecular weight excluding hydrogens is 693 g/mol. The highest BCUT2D eigenvalue weighted by molar-refractivity contribution is 6.10. The normalized spacial score (nSPS) is 11.5. The van der Waals surface area contributed by atoms with Gasteiger partial charge in [-0.2, -0.15) is 0 Å². The van der Waals surface area contributed by atoms with E-state index in [0.29, 0.717) is 17.5 Å². The fourth-order valence-electron chi connectivity index (χ4n) is 8.34. The first-order valence-electron chi connectivity index (χ1n) is 19.3. The minimum atomic E-state index is 0.609. The van der Waals surface area contributed by atoms with Gasteiger partial charge in [-0.15, -0.1) is 0 Å². The van der Waals surface area contributed by atoms with Crippen LogP contribution in [0.4, 0.5) is 0 Å². The van der Waals surface area contributed by atoms with Crippen molar-refractivity contribution in [2.75, 3.05) is 0 Å². The highest BCUT2D eigenvalue weighted by Gasteiger charge is 2.21. The van der Waals surface area contributed by atoms with Crippen LogP contribution in [0.15, 0.2) is 206 Å². The largest absolute Gasteiger partial charge is 0.308 e. The molecule has 0 bridgehead atoms. The standard InChI is InChI=1S/C53H34N4/c1-2-14-35(15-3-1)40-32-33-47(50(34-40)57-48-26-10-8-22-44(48)45-23-9-11-27-49(45)57)53-55-51(54-52(56-53)46-25-13-19-37-17-5-7-21-43(37)46)39-30-28-38(29-31-39)42-24-12-18-36-16-4-6-20-41(36)42/h1-34H. The van der Waals surface area contributed by atoms with Gasteiger partial charge in [-0.05, 0) is 68.1 Å². The van der Waals surface area contributed by atoms with Gasteiger partial charge in [0.25, 0.3) is 0 Å². The van der Waals surface area contributed by atoms with Gasteiger partial charge in [-0.25, -0.2) is 15.0 Å². The summed E-state index contributed by atoms with van der Waals surface area (Å²) >= 11 is 0. The van der Waals surface area contributed by atoms with E-state index in [9.17, 15) is 0 Å². The van der Waals surface area contributed by atoms with Crippen LogP contribution in [0.1, 0.15) is 0 Å². The molecule has 0 atom stereocenters. The molecule has 0 saturated carbocycles. The van der Waals surface area contributed by atoms with E-state index in [4.69, 9.17) is 15.0 Å². The lowest BCUT2D eigenvalue weighted by Crippen LogP contribution is -2.04. The molecule has 4 nitrogen and oxygen atoms in total. The van der Waals surface area contributed by atoms with Crippen molar-refractivity contribution in [2.24, 2.45) is 0 Å². The molecule has 0 aliphatic heterocycles. The maximum Gasteiger partial charge on any atom is 0.166 e. The van der Waals surface area contributed by atoms with Crippen molar-refractivity contribution in [3.05, 3.63) is 206 Å². The number of aromatic nitrogens is 4. The topological polar surface area (TPSA) is 43.6 Å². The molecule has 266 valence electrons. The Hall–Kier alpha value is -7.69. The van der Waals surface area contributed by atoms with Gasteiger partial charge in [-0.1, -0.05) is 182 Å². The number of hydrogen-bond donors (Lipinski definition) is 0. The van der Waals surface area contributed by atoms with E-state index in [0.717, 1.165) is 60.9 Å². The zero-order valence-electron chi connectivity index (χ0n) is 30.9. The Balaban J connectivity index is 1.16. The van der Waals surface area contributed by atoms with E-state index in [1.165, 1.54) is 27.1 Å². The molecule has 0 N–H and O–H groups in total. The first-order valence-corrected chi connectivity index (χ1v) is 19.3. The SMILES string of the molecule is c1ccc(-c2ccc(-c3nc(-c4ccc(-c5cccc6ccccc56)cc4)nc(-c4cccc5ccccc45)n3)c(-n3c4ccccc4c4ccccc43)c2)cc1. The van der Waals surface area contributed by atoms with Gasteiger partial charge in [0.1, 0.15) is 0 Å². The van der Waals surface area contributed by atoms with Crippen molar-refractivity contribution in [3.8, 4) is 62.1 Å². The lowest BCUT2D eigenvalue weighted by Gasteiger charge is -2.17. The zero-order valence-corrected chi connectivity index (χ0v) is 30.9. The minimum Gasteiger partial charge on any atom is -0.308 e. The molecule has 0 amide bonds. The second-order valence-electron chi connectivity index (χ2n) is 14.4. The van der Waals surface area contributed by atoms with Crippen LogP contribution in [0.25, 0.3) is 105 Å². The average Bonchev–Trinajstić information content (AvgIpc) is 3.63. The van der Waals surface area contributed by atoms with Crippen LogP contribution in [0.5, 0.6) is 0 Å². The zero-order chi connectivity index (χ0) is 37.7. The Kier molecular flexibility index (Phi) is 7.78. The highest BCUT2D eigenvalue weighted by Crippen LogP contribution is 2.39. The summed E-state index contributed by atoms with van der Waals surface area (Å²) in [7, 11) is 0. The van der Waals surface area contributed by atoms with Crippen LogP contribution in [0.3, 0.4) is 0 Å². The summed E-state index contributed by atoms with van der Waals surface area (Å²) in [5.74, 6) is 1.86. The first kappa shape index (κ1) is 32.7. The summed E-state index contributed by atoms with van der Waals surface area (Å²) in [6.45, 7) is 0. The minimum absolute atomic E-state index is 0.609. The lowest BCUT2D eigenvalue weighted by molar-refractivity contribution is 1.07. The number of fused-ring (bicyclic) bond motifs is 5. The van der Waals surface area contributed by atoms with Gasteiger partial charge in [-0.3, -0.25) is 0 Å². The molecule has 0 aliphatic carbocycles. The van der Waals surface area contributed by atoms with Crippen LogP contribution in [-0.4, -0.2) is 19.5 Å². The number of benzene rings is 9. The molecule has 0 unspecified atom stereocenters. The predicted octanol–water partition coefficient (Wildman–Crippen LogP) is 13.6. The summed E-state index contributed by atoms with van der Waals surface area (Å²) in [5, 5.41) is 7.07. The molecule has 4 heteroatoms. The lowest BCUT2D eigenvalue weighted by atomic mass is 9.97. The Morgan fingerprint density at radius 2 is 0.754 bits per heavy atom. The molecule has 0 aliphatic rings. The van der Waals surface area contributed by atoms with Crippen LogP contribution >= 0.6 is 0 Å². The number of hydrogen-bond acceptors (Lipinski definition) is 3. The van der Waals surface area contributed by atoms with E-state index in [2.05, 4.69) is 211 Å². The van der Waals surface area contributed by atoms with E-state index < -0.39 is 0 Å². The molecular formula is C53H34N4. The molecule has 57 heavy (non-hydrogen) atoms. The van der Waals surface area contributed by atoms with Gasteiger partial charge >= 0.3 is 0 Å². The van der Waals surface area contributed by atoms with Crippen molar-refractivity contribution in [1.29, 1.82) is 0 Å². The highest BCUT2D eigenvalue weighted by atomic mass is 15.1. The fraction of sp³-hybridized carbons (Fsp3) is 0. The third-order valence-corrected chi connectivity index (χ3v) is 11.1. The average molecular weight is 727 g/mol. The van der Waals surface area contributed by atoms with Gasteiger partial charge in [0.05, 0.1) is 16.7 Å². The van der Waals surface area contributed by atoms with Crippen molar-refractivity contribution in [3.63, 3.8) is 0 Å². The van der Waals surface area contributed by atoms with E-state index in [1.54, 1.807) is 0 Å². The van der Waals surface area contributed by atoms with Crippen LogP contribution in [-0.2, 0) is 0 Å². The smallest absolute Gasteiger partial charge is 0.166 e. The van der Waals surface area contributed by atoms with E-state index in [-0.39, 0.29) is 0 Å². The first-order chi connectivity index (χ1) is 28.3. The summed E-state index contributed by atoms with van der Waals surface area (Å²) < 4.78 is 2.37. The number of nitrogens with zero attached hydrogens (tertiary/aromatic N) is 4. The molecule has 11 rings (SSSR count). The molecule has 0 fully saturated rings. The molecule has 2 heterocycles. The maximum absolute atomic E-state index is 5.35. The quantitative estimate of drug-likeness (QED) is 0.171. The molecule has 9 aromatic carbocycles. The van der Waals surface area contributed by atoms with Crippen LogP contribution in [0.2, 0.25) is 0 Å². The van der Waals surface area contributed by atoms with Gasteiger partial charge in [0.2, 0.25) is 0 Å². The van der Waals surface area contributed by atoms with Crippen molar-refractivity contribution >= 4 is 43.4 Å². The molecule has 2 aromatic heterocycles. The Morgan fingerprint density at radius 3 is 1.42 bits per heavy atom. The third kappa shape index (κ3) is 5.66. The summed E-state index contributed by atoms with van der Waals surface area (Å²) in [4.78, 5) is 15.9. The number of para-hydroxylation sites is 2. The number of rotatable bonds is 6. The summed E-state index contributed by atoms with van der Waals surface area (Å²) in [6.07, 6.45) is 0. The van der Waals surface area contributed by atoms with E-state index in [1.807, 2.05) is 0 Å². The van der Waals surface area contributed by atoms with Gasteiger partial charge < -0.3 is 4.57 Å². The van der Waals surface area contributed by atoms with Crippen LogP contribution in [0, 0.1) is 0 Å². The Labute approximate surface area is 330 Å². The maximum atomic E-state index is 5.35. The van der Waals surface area contributed by atoms with Crippen molar-refractivity contribution in [2.45, 2.75) is 0 Å². The Bertz CT molecular complexity index is 3230. The Morgan fingerprint density at radius 1 is 0.281 bits per heavy atom. The molecule has 0 spiro atoms. The van der Waals surface area contributed by atoms with Gasteiger partial charge in [0, 0.05) is 27.5 Å². The monoisotopic (exact) mass is 726 g/mol. The molecule has 0 saturated heterocycles.